The van der Waals surface area contributed by atoms with Crippen molar-refractivity contribution >= 4 is 38.8 Å². The molecule has 8 heteroatoms. The Balaban J connectivity index is 1.67. The lowest BCUT2D eigenvalue weighted by atomic mass is 10.3. The van der Waals surface area contributed by atoms with Gasteiger partial charge < -0.3 is 10.6 Å². The van der Waals surface area contributed by atoms with Crippen LogP contribution in [0.2, 0.25) is 0 Å². The maximum Gasteiger partial charge on any atom is 0.319 e. The van der Waals surface area contributed by atoms with E-state index < -0.39 is 10.0 Å². The number of anilines is 2. The lowest BCUT2D eigenvalue weighted by Gasteiger charge is -2.10. The molecule has 2 aromatic rings. The van der Waals surface area contributed by atoms with Gasteiger partial charge in [0.05, 0.1) is 0 Å². The second-order valence-corrected chi connectivity index (χ2v) is 8.94. The predicted molar refractivity (Wildman–Crippen MR) is 96.2 cm³/mol. The largest absolute Gasteiger partial charge is 0.335 e. The number of hydrogen-bond donors (Lipinski definition) is 3. The molecule has 3 N–H and O–H groups in total. The number of amides is 2. The summed E-state index contributed by atoms with van der Waals surface area (Å²) >= 11 is 1.45. The zero-order valence-electron chi connectivity index (χ0n) is 13.4. The fraction of sp³-hybridized carbons (Fsp3) is 0.312. The van der Waals surface area contributed by atoms with Crippen LogP contribution in [0.15, 0.2) is 35.2 Å². The van der Waals surface area contributed by atoms with Gasteiger partial charge in [0.1, 0.15) is 4.90 Å². The number of carbonyl (C=O) groups excluding carboxylic acids is 1. The lowest BCUT2D eigenvalue weighted by molar-refractivity contribution is 0.251. The number of hydrogen-bond acceptors (Lipinski definition) is 4. The van der Waals surface area contributed by atoms with Gasteiger partial charge in [0.25, 0.3) is 10.0 Å². The summed E-state index contributed by atoms with van der Waals surface area (Å²) in [6.07, 6.45) is 2.05. The molecule has 24 heavy (non-hydrogen) atoms. The monoisotopic (exact) mass is 365 g/mol. The van der Waals surface area contributed by atoms with E-state index in [0.717, 1.165) is 22.6 Å². The molecule has 0 atom stereocenters. The molecular formula is C16H19N3O3S2. The van der Waals surface area contributed by atoms with Crippen LogP contribution >= 0.6 is 11.3 Å². The van der Waals surface area contributed by atoms with Crippen molar-refractivity contribution < 1.29 is 13.2 Å². The molecule has 1 fully saturated rings. The highest BCUT2D eigenvalue weighted by molar-refractivity contribution is 7.93. The first-order valence-electron chi connectivity index (χ1n) is 7.61. The molecule has 0 bridgehead atoms. The van der Waals surface area contributed by atoms with Gasteiger partial charge in [-0.25, -0.2) is 13.2 Å². The third kappa shape index (κ3) is 4.07. The van der Waals surface area contributed by atoms with E-state index in [9.17, 15) is 13.2 Å². The van der Waals surface area contributed by atoms with Crippen molar-refractivity contribution in [2.75, 3.05) is 10.0 Å². The SMILES string of the molecule is Cc1cc(S(=O)(=O)Nc2ccc(NC(=O)NC3CC3)cc2)c(C)s1. The highest BCUT2D eigenvalue weighted by Crippen LogP contribution is 2.27. The summed E-state index contributed by atoms with van der Waals surface area (Å²) in [4.78, 5) is 13.7. The topological polar surface area (TPSA) is 87.3 Å². The molecule has 0 unspecified atom stereocenters. The van der Waals surface area contributed by atoms with E-state index in [2.05, 4.69) is 15.4 Å². The third-order valence-corrected chi connectivity index (χ3v) is 6.20. The van der Waals surface area contributed by atoms with E-state index in [1.165, 1.54) is 11.3 Å². The molecule has 1 saturated carbocycles. The van der Waals surface area contributed by atoms with Gasteiger partial charge in [0, 0.05) is 27.2 Å². The number of rotatable bonds is 5. The molecule has 0 aliphatic heterocycles. The molecule has 1 aliphatic carbocycles. The summed E-state index contributed by atoms with van der Waals surface area (Å²) < 4.78 is 27.4. The molecular weight excluding hydrogens is 346 g/mol. The Morgan fingerprint density at radius 2 is 1.75 bits per heavy atom. The fourth-order valence-electron chi connectivity index (χ4n) is 2.29. The number of carbonyl (C=O) groups is 1. The minimum absolute atomic E-state index is 0.241. The second-order valence-electron chi connectivity index (χ2n) is 5.83. The molecule has 6 nitrogen and oxygen atoms in total. The Kier molecular flexibility index (Phi) is 4.51. The van der Waals surface area contributed by atoms with Crippen molar-refractivity contribution in [2.45, 2.75) is 37.6 Å². The number of aryl methyl sites for hydroxylation is 2. The minimum atomic E-state index is -3.61. The van der Waals surface area contributed by atoms with Crippen molar-refractivity contribution in [3.8, 4) is 0 Å². The maximum atomic E-state index is 12.4. The van der Waals surface area contributed by atoms with Crippen molar-refractivity contribution in [1.29, 1.82) is 0 Å². The standard InChI is InChI=1S/C16H19N3O3S2/c1-10-9-15(11(2)23-10)24(21,22)19-14-7-5-13(6-8-14)18-16(20)17-12-3-4-12/h5-9,12,19H,3-4H2,1-2H3,(H2,17,18,20). The predicted octanol–water partition coefficient (Wildman–Crippen LogP) is 3.45. The van der Waals surface area contributed by atoms with Gasteiger partial charge in [-0.15, -0.1) is 11.3 Å². The van der Waals surface area contributed by atoms with Crippen LogP contribution in [0.4, 0.5) is 16.2 Å². The van der Waals surface area contributed by atoms with Crippen molar-refractivity contribution in [3.05, 3.63) is 40.1 Å². The highest BCUT2D eigenvalue weighted by atomic mass is 32.2. The van der Waals surface area contributed by atoms with Gasteiger partial charge in [-0.2, -0.15) is 0 Å². The Bertz CT molecular complexity index is 853. The highest BCUT2D eigenvalue weighted by Gasteiger charge is 2.23. The number of thiophene rings is 1. The zero-order chi connectivity index (χ0) is 17.3. The van der Waals surface area contributed by atoms with E-state index in [-0.39, 0.29) is 12.1 Å². The Morgan fingerprint density at radius 1 is 1.12 bits per heavy atom. The quantitative estimate of drug-likeness (QED) is 0.758. The van der Waals surface area contributed by atoms with Crippen molar-refractivity contribution in [1.82, 2.24) is 5.32 Å². The van der Waals surface area contributed by atoms with E-state index >= 15 is 0 Å². The summed E-state index contributed by atoms with van der Waals surface area (Å²) in [6.45, 7) is 3.67. The third-order valence-electron chi connectivity index (χ3n) is 3.59. The summed E-state index contributed by atoms with van der Waals surface area (Å²) in [5, 5.41) is 5.55. The Hall–Kier alpha value is -2.06. The second kappa shape index (κ2) is 6.45. The maximum absolute atomic E-state index is 12.4. The fourth-order valence-corrected chi connectivity index (χ4v) is 4.90. The van der Waals surface area contributed by atoms with Crippen LogP contribution in [-0.2, 0) is 10.0 Å². The summed E-state index contributed by atoms with van der Waals surface area (Å²) in [6, 6.07) is 8.29. The molecule has 2 amide bonds. The van der Waals surface area contributed by atoms with E-state index in [4.69, 9.17) is 0 Å². The first-order valence-corrected chi connectivity index (χ1v) is 9.91. The Labute approximate surface area is 145 Å². The van der Waals surface area contributed by atoms with Gasteiger partial charge in [-0.1, -0.05) is 0 Å². The van der Waals surface area contributed by atoms with Crippen molar-refractivity contribution in [2.24, 2.45) is 0 Å². The van der Waals surface area contributed by atoms with Crippen LogP contribution in [0.3, 0.4) is 0 Å². The molecule has 3 rings (SSSR count). The summed E-state index contributed by atoms with van der Waals surface area (Å²) in [7, 11) is -3.61. The molecule has 1 heterocycles. The van der Waals surface area contributed by atoms with Gasteiger partial charge in [0.2, 0.25) is 0 Å². The average Bonchev–Trinajstić information content (AvgIpc) is 3.23. The van der Waals surface area contributed by atoms with E-state index in [1.807, 2.05) is 6.92 Å². The molecule has 0 saturated heterocycles. The lowest BCUT2D eigenvalue weighted by Crippen LogP contribution is -2.30. The van der Waals surface area contributed by atoms with Crippen LogP contribution in [0, 0.1) is 13.8 Å². The molecule has 1 aromatic carbocycles. The molecule has 128 valence electrons. The van der Waals surface area contributed by atoms with Crippen LogP contribution < -0.4 is 15.4 Å². The van der Waals surface area contributed by atoms with Crippen LogP contribution in [0.5, 0.6) is 0 Å². The number of sulfonamides is 1. The van der Waals surface area contributed by atoms with E-state index in [0.29, 0.717) is 16.3 Å². The first-order chi connectivity index (χ1) is 11.3. The first kappa shape index (κ1) is 16.8. The van der Waals surface area contributed by atoms with Crippen LogP contribution in [-0.4, -0.2) is 20.5 Å². The number of urea groups is 1. The summed E-state index contributed by atoms with van der Waals surface area (Å²) in [5.41, 5.74) is 1.06. The molecule has 1 aliphatic rings. The molecule has 0 spiro atoms. The minimum Gasteiger partial charge on any atom is -0.335 e. The number of benzene rings is 1. The number of nitrogens with one attached hydrogen (secondary N) is 3. The van der Waals surface area contributed by atoms with Gasteiger partial charge in [-0.3, -0.25) is 4.72 Å². The van der Waals surface area contributed by atoms with E-state index in [1.54, 1.807) is 37.3 Å². The zero-order valence-corrected chi connectivity index (χ0v) is 15.1. The molecule has 1 aromatic heterocycles. The normalized spacial score (nSPS) is 14.2. The molecule has 0 radical (unpaired) electrons. The summed E-state index contributed by atoms with van der Waals surface area (Å²) in [5.74, 6) is 0. The van der Waals surface area contributed by atoms with Gasteiger partial charge >= 0.3 is 6.03 Å². The Morgan fingerprint density at radius 3 is 2.29 bits per heavy atom. The average molecular weight is 365 g/mol. The van der Waals surface area contributed by atoms with Crippen LogP contribution in [0.1, 0.15) is 22.6 Å². The smallest absolute Gasteiger partial charge is 0.319 e. The van der Waals surface area contributed by atoms with Crippen LogP contribution in [0.25, 0.3) is 0 Å². The van der Waals surface area contributed by atoms with Gasteiger partial charge in [0.15, 0.2) is 0 Å². The van der Waals surface area contributed by atoms with Gasteiger partial charge in [-0.05, 0) is 57.0 Å². The van der Waals surface area contributed by atoms with Crippen molar-refractivity contribution in [3.63, 3.8) is 0 Å².